The van der Waals surface area contributed by atoms with E-state index in [0.29, 0.717) is 5.11 Å². The highest BCUT2D eigenvalue weighted by atomic mass is 32.1. The maximum Gasteiger partial charge on any atom is 0.293 e. The van der Waals surface area contributed by atoms with Gasteiger partial charge in [-0.05, 0) is 44.6 Å². The second kappa shape index (κ2) is 7.79. The summed E-state index contributed by atoms with van der Waals surface area (Å²) in [6.07, 6.45) is 2.44. The first kappa shape index (κ1) is 17.6. The fourth-order valence-electron chi connectivity index (χ4n) is 2.93. The van der Waals surface area contributed by atoms with E-state index in [9.17, 15) is 4.79 Å². The average Bonchev–Trinajstić information content (AvgIpc) is 3.15. The molecule has 2 aromatic heterocycles. The summed E-state index contributed by atoms with van der Waals surface area (Å²) < 4.78 is 10.3. The van der Waals surface area contributed by atoms with Crippen molar-refractivity contribution in [3.05, 3.63) is 41.2 Å². The van der Waals surface area contributed by atoms with Gasteiger partial charge in [-0.15, -0.1) is 0 Å². The average molecular weight is 362 g/mol. The maximum atomic E-state index is 12.0. The van der Waals surface area contributed by atoms with Crippen LogP contribution in [0.25, 0.3) is 0 Å². The van der Waals surface area contributed by atoms with Gasteiger partial charge in [0.15, 0.2) is 10.9 Å². The Labute approximate surface area is 151 Å². The first-order valence-electron chi connectivity index (χ1n) is 8.32. The number of rotatable bonds is 3. The summed E-state index contributed by atoms with van der Waals surface area (Å²) in [5.41, 5.74) is 2.10. The first-order chi connectivity index (χ1) is 12.0. The molecule has 3 rings (SSSR count). The van der Waals surface area contributed by atoms with Crippen molar-refractivity contribution >= 4 is 23.2 Å². The predicted molar refractivity (Wildman–Crippen MR) is 96.2 cm³/mol. The van der Waals surface area contributed by atoms with Crippen molar-refractivity contribution in [2.24, 2.45) is 0 Å². The van der Waals surface area contributed by atoms with E-state index in [1.807, 2.05) is 18.7 Å². The van der Waals surface area contributed by atoms with Gasteiger partial charge in [-0.1, -0.05) is 5.16 Å². The van der Waals surface area contributed by atoms with Crippen molar-refractivity contribution in [2.75, 3.05) is 26.2 Å². The lowest BCUT2D eigenvalue weighted by atomic mass is 10.2. The number of amides is 1. The molecule has 0 spiro atoms. The summed E-state index contributed by atoms with van der Waals surface area (Å²) in [6, 6.07) is 3.29. The van der Waals surface area contributed by atoms with Crippen molar-refractivity contribution in [1.29, 1.82) is 0 Å². The maximum absolute atomic E-state index is 12.0. The zero-order chi connectivity index (χ0) is 17.8. The zero-order valence-electron chi connectivity index (χ0n) is 14.4. The van der Waals surface area contributed by atoms with E-state index in [-0.39, 0.29) is 11.7 Å². The Morgan fingerprint density at radius 3 is 2.84 bits per heavy atom. The van der Waals surface area contributed by atoms with Gasteiger partial charge in [0.2, 0.25) is 0 Å². The Kier molecular flexibility index (Phi) is 5.50. The second-order valence-electron chi connectivity index (χ2n) is 6.16. The summed E-state index contributed by atoms with van der Waals surface area (Å²) >= 11 is 5.39. The number of nitrogens with one attached hydrogen (secondary N) is 1. The molecule has 1 N–H and O–H groups in total. The molecule has 0 atom stereocenters. The van der Waals surface area contributed by atoms with Crippen molar-refractivity contribution in [3.8, 4) is 0 Å². The molecule has 0 radical (unpaired) electrons. The number of thiocarbonyl (C=S) groups is 1. The number of hydrogen-bond acceptors (Lipinski definition) is 6. The van der Waals surface area contributed by atoms with Crippen LogP contribution in [-0.4, -0.2) is 52.2 Å². The number of carbonyl (C=O) groups excluding carboxylic acids is 1. The molecule has 134 valence electrons. The molecule has 2 aromatic rings. The lowest BCUT2D eigenvalue weighted by molar-refractivity contribution is 0.0946. The van der Waals surface area contributed by atoms with Crippen LogP contribution in [0.2, 0.25) is 0 Å². The Balaban J connectivity index is 1.54. The van der Waals surface area contributed by atoms with Crippen LogP contribution in [-0.2, 0) is 6.54 Å². The molecule has 0 aliphatic carbocycles. The van der Waals surface area contributed by atoms with Crippen molar-refractivity contribution in [3.63, 3.8) is 0 Å². The summed E-state index contributed by atoms with van der Waals surface area (Å²) in [4.78, 5) is 16.4. The van der Waals surface area contributed by atoms with Crippen LogP contribution in [0.5, 0.6) is 0 Å². The largest absolute Gasteiger partial charge is 0.459 e. The molecule has 8 heteroatoms. The Morgan fingerprint density at radius 2 is 2.16 bits per heavy atom. The van der Waals surface area contributed by atoms with E-state index in [1.54, 1.807) is 12.1 Å². The van der Waals surface area contributed by atoms with Crippen molar-refractivity contribution in [2.45, 2.75) is 26.8 Å². The molecule has 1 amide bonds. The molecule has 7 nitrogen and oxygen atoms in total. The number of furan rings is 1. The van der Waals surface area contributed by atoms with Crippen LogP contribution in [0, 0.1) is 13.8 Å². The van der Waals surface area contributed by atoms with E-state index in [1.165, 1.54) is 6.26 Å². The number of nitrogens with zero attached hydrogens (tertiary/aromatic N) is 3. The first-order valence-corrected chi connectivity index (χ1v) is 8.73. The van der Waals surface area contributed by atoms with E-state index in [0.717, 1.165) is 56.2 Å². The zero-order valence-corrected chi connectivity index (χ0v) is 15.3. The van der Waals surface area contributed by atoms with E-state index >= 15 is 0 Å². The normalized spacial score (nSPS) is 15.8. The molecule has 3 heterocycles. The van der Waals surface area contributed by atoms with Gasteiger partial charge in [-0.25, -0.2) is 0 Å². The fourth-order valence-corrected chi connectivity index (χ4v) is 3.20. The highest BCUT2D eigenvalue weighted by Crippen LogP contribution is 2.16. The third-order valence-electron chi connectivity index (χ3n) is 4.40. The molecule has 1 aliphatic rings. The van der Waals surface area contributed by atoms with Crippen LogP contribution in [0.3, 0.4) is 0 Å². The molecule has 0 aromatic carbocycles. The van der Waals surface area contributed by atoms with Crippen LogP contribution >= 0.6 is 12.2 Å². The minimum atomic E-state index is -0.313. The third kappa shape index (κ3) is 4.26. The van der Waals surface area contributed by atoms with E-state index < -0.39 is 0 Å². The van der Waals surface area contributed by atoms with Gasteiger partial charge in [-0.2, -0.15) is 0 Å². The Hall–Kier alpha value is -2.19. The Bertz CT molecular complexity index is 722. The molecule has 0 saturated carbocycles. The lowest BCUT2D eigenvalue weighted by Gasteiger charge is -2.24. The molecule has 1 aliphatic heterocycles. The molecule has 1 fully saturated rings. The quantitative estimate of drug-likeness (QED) is 0.838. The predicted octanol–water partition coefficient (Wildman–Crippen LogP) is 2.11. The monoisotopic (exact) mass is 362 g/mol. The Morgan fingerprint density at radius 1 is 1.32 bits per heavy atom. The SMILES string of the molecule is Cc1noc(C)c1CN1CCCN(C(=S)NC(=O)c2ccco2)CC1. The number of carbonyl (C=O) groups is 1. The lowest BCUT2D eigenvalue weighted by Crippen LogP contribution is -2.44. The van der Waals surface area contributed by atoms with Crippen LogP contribution in [0.4, 0.5) is 0 Å². The number of aromatic nitrogens is 1. The minimum absolute atomic E-state index is 0.261. The summed E-state index contributed by atoms with van der Waals surface area (Å²) in [5.74, 6) is 0.823. The van der Waals surface area contributed by atoms with Crippen molar-refractivity contribution < 1.29 is 13.7 Å². The number of hydrogen-bond donors (Lipinski definition) is 1. The van der Waals surface area contributed by atoms with Gasteiger partial charge in [0.25, 0.3) is 5.91 Å². The fraction of sp³-hybridized carbons (Fsp3) is 0.471. The van der Waals surface area contributed by atoms with Gasteiger partial charge < -0.3 is 13.8 Å². The van der Waals surface area contributed by atoms with Crippen LogP contribution < -0.4 is 5.32 Å². The van der Waals surface area contributed by atoms with Gasteiger partial charge in [0, 0.05) is 38.3 Å². The topological polar surface area (TPSA) is 74.8 Å². The summed E-state index contributed by atoms with van der Waals surface area (Å²) in [7, 11) is 0. The standard InChI is InChI=1S/C17H22N4O3S/c1-12-14(13(2)24-19-12)11-20-6-4-7-21(9-8-20)17(25)18-16(22)15-5-3-10-23-15/h3,5,10H,4,6-9,11H2,1-2H3,(H,18,22,25). The number of aryl methyl sites for hydroxylation is 2. The molecular formula is C17H22N4O3S. The van der Waals surface area contributed by atoms with Gasteiger partial charge >= 0.3 is 0 Å². The summed E-state index contributed by atoms with van der Waals surface area (Å²) in [6.45, 7) is 8.14. The van der Waals surface area contributed by atoms with E-state index in [4.69, 9.17) is 21.2 Å². The second-order valence-corrected chi connectivity index (χ2v) is 6.54. The molecule has 0 unspecified atom stereocenters. The van der Waals surface area contributed by atoms with Crippen LogP contribution in [0.15, 0.2) is 27.3 Å². The molecule has 1 saturated heterocycles. The summed E-state index contributed by atoms with van der Waals surface area (Å²) in [5, 5.41) is 7.20. The minimum Gasteiger partial charge on any atom is -0.459 e. The smallest absolute Gasteiger partial charge is 0.293 e. The third-order valence-corrected chi connectivity index (χ3v) is 4.76. The van der Waals surface area contributed by atoms with Gasteiger partial charge in [0.05, 0.1) is 12.0 Å². The molecule has 0 bridgehead atoms. The van der Waals surface area contributed by atoms with Gasteiger partial charge in [0.1, 0.15) is 5.76 Å². The van der Waals surface area contributed by atoms with Gasteiger partial charge in [-0.3, -0.25) is 15.0 Å². The molecular weight excluding hydrogens is 340 g/mol. The molecule has 25 heavy (non-hydrogen) atoms. The van der Waals surface area contributed by atoms with Crippen molar-refractivity contribution in [1.82, 2.24) is 20.3 Å². The van der Waals surface area contributed by atoms with Crippen LogP contribution in [0.1, 0.15) is 34.0 Å². The van der Waals surface area contributed by atoms with E-state index in [2.05, 4.69) is 15.4 Å². The highest BCUT2D eigenvalue weighted by Gasteiger charge is 2.21. The highest BCUT2D eigenvalue weighted by molar-refractivity contribution is 7.80.